The van der Waals surface area contributed by atoms with Crippen LogP contribution < -0.4 is 5.73 Å². The highest BCUT2D eigenvalue weighted by atomic mass is 79.9. The van der Waals surface area contributed by atoms with Crippen molar-refractivity contribution in [3.8, 4) is 5.69 Å². The van der Waals surface area contributed by atoms with E-state index in [1.807, 2.05) is 0 Å². The molecule has 3 rings (SSSR count). The van der Waals surface area contributed by atoms with Crippen LogP contribution in [0.25, 0.3) is 16.7 Å². The first-order valence-corrected chi connectivity index (χ1v) is 6.73. The molecule has 0 unspecified atom stereocenters. The molecule has 0 fully saturated rings. The molecule has 3 nitrogen and oxygen atoms in total. The second-order valence-electron chi connectivity index (χ2n) is 4.16. The Morgan fingerprint density at radius 1 is 1.15 bits per heavy atom. The zero-order valence-electron chi connectivity index (χ0n) is 9.87. The molecule has 0 aliphatic carbocycles. The molecule has 2 N–H and O–H groups in total. The Kier molecular flexibility index (Phi) is 3.14. The fourth-order valence-electron chi connectivity index (χ4n) is 1.99. The molecule has 0 saturated heterocycles. The highest BCUT2D eigenvalue weighted by Crippen LogP contribution is 2.29. The zero-order valence-corrected chi connectivity index (χ0v) is 12.2. The predicted molar refractivity (Wildman–Crippen MR) is 78.1 cm³/mol. The summed E-state index contributed by atoms with van der Waals surface area (Å²) < 4.78 is 28.9. The van der Waals surface area contributed by atoms with Gasteiger partial charge in [0.15, 0.2) is 0 Å². The number of fused-ring (bicyclic) bond motifs is 1. The van der Waals surface area contributed by atoms with Gasteiger partial charge in [-0.2, -0.15) is 0 Å². The van der Waals surface area contributed by atoms with E-state index in [9.17, 15) is 8.78 Å². The molecule has 0 atom stereocenters. The molecule has 0 radical (unpaired) electrons. The number of hydrogen-bond acceptors (Lipinski definition) is 2. The molecule has 3 aromatic rings. The van der Waals surface area contributed by atoms with Crippen molar-refractivity contribution in [2.24, 2.45) is 0 Å². The molecule has 2 aromatic carbocycles. The highest BCUT2D eigenvalue weighted by Gasteiger charge is 2.14. The number of hydrogen-bond donors (Lipinski definition) is 1. The summed E-state index contributed by atoms with van der Waals surface area (Å²) in [6.45, 7) is 0. The number of rotatable bonds is 1. The van der Waals surface area contributed by atoms with Crippen LogP contribution in [0.15, 0.2) is 34.8 Å². The summed E-state index contributed by atoms with van der Waals surface area (Å²) in [7, 11) is 0. The van der Waals surface area contributed by atoms with E-state index in [2.05, 4.69) is 20.9 Å². The number of anilines is 1. The van der Waals surface area contributed by atoms with Gasteiger partial charge in [0.25, 0.3) is 0 Å². The molecule has 1 heterocycles. The van der Waals surface area contributed by atoms with Gasteiger partial charge >= 0.3 is 0 Å². The highest BCUT2D eigenvalue weighted by molar-refractivity contribution is 9.10. The standard InChI is InChI=1S/C13H7BrClF2N3/c14-7-4-12-11(5-9(7)16)19-13(18)20(12)6-1-2-8(15)10(17)3-6/h1-5H,(H2,18,19). The molecule has 0 aliphatic heterocycles. The first kappa shape index (κ1) is 13.3. The lowest BCUT2D eigenvalue weighted by Gasteiger charge is -2.07. The molecule has 0 saturated carbocycles. The van der Waals surface area contributed by atoms with Gasteiger partial charge in [-0.05, 0) is 40.2 Å². The zero-order chi connectivity index (χ0) is 14.4. The Morgan fingerprint density at radius 3 is 2.60 bits per heavy atom. The Morgan fingerprint density at radius 2 is 1.90 bits per heavy atom. The van der Waals surface area contributed by atoms with E-state index in [0.29, 0.717) is 16.7 Å². The monoisotopic (exact) mass is 357 g/mol. The van der Waals surface area contributed by atoms with Crippen molar-refractivity contribution in [2.45, 2.75) is 0 Å². The molecular weight excluding hydrogens is 352 g/mol. The molecule has 7 heteroatoms. The van der Waals surface area contributed by atoms with Crippen LogP contribution in [0.2, 0.25) is 5.02 Å². The topological polar surface area (TPSA) is 43.8 Å². The summed E-state index contributed by atoms with van der Waals surface area (Å²) in [5.41, 5.74) is 7.25. The molecule has 0 aliphatic rings. The minimum absolute atomic E-state index is 0.0176. The minimum atomic E-state index is -0.563. The summed E-state index contributed by atoms with van der Waals surface area (Å²) >= 11 is 8.76. The van der Waals surface area contributed by atoms with E-state index in [-0.39, 0.29) is 15.4 Å². The number of imidazole rings is 1. The van der Waals surface area contributed by atoms with Crippen LogP contribution in [0, 0.1) is 11.6 Å². The van der Waals surface area contributed by atoms with Crippen molar-refractivity contribution in [3.63, 3.8) is 0 Å². The van der Waals surface area contributed by atoms with E-state index in [1.54, 1.807) is 12.1 Å². The van der Waals surface area contributed by atoms with Gasteiger partial charge in [-0.15, -0.1) is 0 Å². The second kappa shape index (κ2) is 4.71. The predicted octanol–water partition coefficient (Wildman–Crippen LogP) is 4.30. The van der Waals surface area contributed by atoms with Gasteiger partial charge in [-0.3, -0.25) is 4.57 Å². The normalized spacial score (nSPS) is 11.2. The van der Waals surface area contributed by atoms with Crippen LogP contribution in [0.3, 0.4) is 0 Å². The largest absolute Gasteiger partial charge is 0.369 e. The molecule has 0 spiro atoms. The molecular formula is C13H7BrClF2N3. The fourth-order valence-corrected chi connectivity index (χ4v) is 2.44. The summed E-state index contributed by atoms with van der Waals surface area (Å²) in [6.07, 6.45) is 0. The van der Waals surface area contributed by atoms with Gasteiger partial charge in [0.2, 0.25) is 5.95 Å². The van der Waals surface area contributed by atoms with Crippen molar-refractivity contribution in [1.29, 1.82) is 0 Å². The maximum atomic E-state index is 13.6. The second-order valence-corrected chi connectivity index (χ2v) is 5.42. The molecule has 1 aromatic heterocycles. The summed E-state index contributed by atoms with van der Waals surface area (Å²) in [4.78, 5) is 4.07. The van der Waals surface area contributed by atoms with E-state index < -0.39 is 11.6 Å². The lowest BCUT2D eigenvalue weighted by atomic mass is 10.2. The number of halogens is 4. The maximum Gasteiger partial charge on any atom is 0.205 e. The van der Waals surface area contributed by atoms with Crippen molar-refractivity contribution >= 4 is 44.5 Å². The van der Waals surface area contributed by atoms with Crippen LogP contribution >= 0.6 is 27.5 Å². The quantitative estimate of drug-likeness (QED) is 0.705. The maximum absolute atomic E-state index is 13.6. The minimum Gasteiger partial charge on any atom is -0.369 e. The van der Waals surface area contributed by atoms with Gasteiger partial charge in [-0.25, -0.2) is 13.8 Å². The van der Waals surface area contributed by atoms with E-state index >= 15 is 0 Å². The summed E-state index contributed by atoms with van der Waals surface area (Å²) in [6, 6.07) is 7.09. The molecule has 20 heavy (non-hydrogen) atoms. The third kappa shape index (κ3) is 2.05. The van der Waals surface area contributed by atoms with Crippen LogP contribution in [-0.2, 0) is 0 Å². The van der Waals surface area contributed by atoms with Crippen molar-refractivity contribution in [1.82, 2.24) is 9.55 Å². The average Bonchev–Trinajstić information content (AvgIpc) is 2.69. The smallest absolute Gasteiger partial charge is 0.205 e. The van der Waals surface area contributed by atoms with Gasteiger partial charge in [-0.1, -0.05) is 11.6 Å². The van der Waals surface area contributed by atoms with Crippen molar-refractivity contribution in [2.75, 3.05) is 5.73 Å². The number of benzene rings is 2. The summed E-state index contributed by atoms with van der Waals surface area (Å²) in [5.74, 6) is -0.866. The Hall–Kier alpha value is -1.66. The van der Waals surface area contributed by atoms with Crippen LogP contribution in [0.1, 0.15) is 0 Å². The van der Waals surface area contributed by atoms with Gasteiger partial charge < -0.3 is 5.73 Å². The first-order valence-electron chi connectivity index (χ1n) is 5.56. The number of nitrogen functional groups attached to an aromatic ring is 1. The molecule has 102 valence electrons. The van der Waals surface area contributed by atoms with Gasteiger partial charge in [0, 0.05) is 6.07 Å². The Bertz CT molecular complexity index is 832. The van der Waals surface area contributed by atoms with Gasteiger partial charge in [0.1, 0.15) is 11.6 Å². The first-order chi connectivity index (χ1) is 9.47. The molecule has 0 bridgehead atoms. The Labute approximate surface area is 126 Å². The van der Waals surface area contributed by atoms with E-state index in [4.69, 9.17) is 17.3 Å². The molecule has 0 amide bonds. The average molecular weight is 359 g/mol. The lowest BCUT2D eigenvalue weighted by Crippen LogP contribution is -2.01. The van der Waals surface area contributed by atoms with E-state index in [0.717, 1.165) is 0 Å². The number of nitrogens with zero attached hydrogens (tertiary/aromatic N) is 2. The van der Waals surface area contributed by atoms with Crippen LogP contribution in [-0.4, -0.2) is 9.55 Å². The van der Waals surface area contributed by atoms with Crippen molar-refractivity contribution in [3.05, 3.63) is 51.5 Å². The lowest BCUT2D eigenvalue weighted by molar-refractivity contribution is 0.622. The van der Waals surface area contributed by atoms with Crippen LogP contribution in [0.4, 0.5) is 14.7 Å². The fraction of sp³-hybridized carbons (Fsp3) is 0. The third-order valence-electron chi connectivity index (χ3n) is 2.88. The van der Waals surface area contributed by atoms with Crippen LogP contribution in [0.5, 0.6) is 0 Å². The van der Waals surface area contributed by atoms with Crippen molar-refractivity contribution < 1.29 is 8.78 Å². The SMILES string of the molecule is Nc1nc2cc(F)c(Br)cc2n1-c1ccc(Cl)c(F)c1. The summed E-state index contributed by atoms with van der Waals surface area (Å²) in [5, 5.41) is 0.0176. The van der Waals surface area contributed by atoms with Gasteiger partial charge in [0.05, 0.1) is 26.2 Å². The van der Waals surface area contributed by atoms with E-state index in [1.165, 1.54) is 22.8 Å². The number of aromatic nitrogens is 2. The third-order valence-corrected chi connectivity index (χ3v) is 3.80. The number of nitrogens with two attached hydrogens (primary N) is 1. The Balaban J connectivity index is 2.32.